The fourth-order valence-corrected chi connectivity index (χ4v) is 6.54. The summed E-state index contributed by atoms with van der Waals surface area (Å²) in [6, 6.07) is 8.39. The van der Waals surface area contributed by atoms with Gasteiger partial charge >= 0.3 is 12.6 Å². The third-order valence-corrected chi connectivity index (χ3v) is 8.29. The third-order valence-electron chi connectivity index (χ3n) is 5.79. The molecule has 0 radical (unpaired) electrons. The number of imidazole rings is 1. The van der Waals surface area contributed by atoms with Crippen LogP contribution in [0.2, 0.25) is 0 Å². The van der Waals surface area contributed by atoms with Gasteiger partial charge in [0.05, 0.1) is 25.6 Å². The average Bonchev–Trinajstić information content (AvgIpc) is 3.45. The van der Waals surface area contributed by atoms with Gasteiger partial charge in [-0.1, -0.05) is 25.1 Å². The molecule has 1 saturated heterocycles. The van der Waals surface area contributed by atoms with Crippen molar-refractivity contribution in [3.63, 3.8) is 0 Å². The first-order valence-corrected chi connectivity index (χ1v) is 14.6. The maximum atomic E-state index is 12.2. The van der Waals surface area contributed by atoms with Gasteiger partial charge in [-0.2, -0.15) is 9.97 Å². The molecule has 200 valence electrons. The van der Waals surface area contributed by atoms with Crippen LogP contribution in [0.1, 0.15) is 33.4 Å². The van der Waals surface area contributed by atoms with Gasteiger partial charge in [0.2, 0.25) is 5.95 Å². The molecule has 14 heteroatoms. The molecule has 3 heterocycles. The highest BCUT2D eigenvalue weighted by atomic mass is 32.5. The number of benzene rings is 1. The zero-order chi connectivity index (χ0) is 26.6. The molecule has 37 heavy (non-hydrogen) atoms. The Morgan fingerprint density at radius 2 is 2.11 bits per heavy atom. The summed E-state index contributed by atoms with van der Waals surface area (Å²) in [6.07, 6.45) is 1.77. The van der Waals surface area contributed by atoms with Gasteiger partial charge in [-0.25, -0.2) is 10.1 Å². The number of rotatable bonds is 11. The molecule has 0 bridgehead atoms. The summed E-state index contributed by atoms with van der Waals surface area (Å²) in [5.41, 5.74) is 7.09. The Bertz CT molecular complexity index is 1280. The number of ether oxygens (including phenoxy) is 2. The van der Waals surface area contributed by atoms with Gasteiger partial charge in [0, 0.05) is 13.0 Å². The average molecular weight is 550 g/mol. The van der Waals surface area contributed by atoms with Crippen LogP contribution < -0.4 is 20.7 Å². The number of esters is 1. The smallest absolute Gasteiger partial charge is 0.323 e. The van der Waals surface area contributed by atoms with Crippen LogP contribution in [0.5, 0.6) is 5.75 Å². The van der Waals surface area contributed by atoms with Crippen molar-refractivity contribution in [3.05, 3.63) is 36.7 Å². The van der Waals surface area contributed by atoms with Gasteiger partial charge in [-0.3, -0.25) is 9.36 Å². The van der Waals surface area contributed by atoms with E-state index in [-0.39, 0.29) is 37.4 Å². The van der Waals surface area contributed by atoms with Crippen molar-refractivity contribution >= 4 is 47.3 Å². The minimum Gasteiger partial charge on any atom is -0.465 e. The van der Waals surface area contributed by atoms with Crippen LogP contribution in [0.15, 0.2) is 36.7 Å². The lowest BCUT2D eigenvalue weighted by molar-refractivity contribution is -0.144. The lowest BCUT2D eigenvalue weighted by Gasteiger charge is -2.27. The molecule has 0 amide bonds. The number of aromatic nitrogens is 4. The van der Waals surface area contributed by atoms with Crippen LogP contribution in [0, 0.1) is 5.92 Å². The number of carbonyl (C=O) groups is 1. The normalized spacial score (nSPS) is 21.9. The molecule has 0 aliphatic carbocycles. The molecule has 1 aliphatic rings. The van der Waals surface area contributed by atoms with Gasteiger partial charge in [0.1, 0.15) is 18.0 Å². The molecular weight excluding hydrogens is 517 g/mol. The molecule has 0 spiro atoms. The first kappa shape index (κ1) is 27.2. The van der Waals surface area contributed by atoms with Gasteiger partial charge < -0.3 is 29.6 Å². The zero-order valence-corrected chi connectivity index (χ0v) is 22.9. The van der Waals surface area contributed by atoms with Crippen LogP contribution in [-0.2, 0) is 30.6 Å². The van der Waals surface area contributed by atoms with E-state index >= 15 is 0 Å². The van der Waals surface area contributed by atoms with Gasteiger partial charge in [-0.05, 0) is 44.2 Å². The Kier molecular flexibility index (Phi) is 8.60. The first-order valence-electron chi connectivity index (χ1n) is 12.0. The van der Waals surface area contributed by atoms with Crippen molar-refractivity contribution in [2.45, 2.75) is 45.6 Å². The number of nitrogens with one attached hydrogen (secondary N) is 2. The van der Waals surface area contributed by atoms with Crippen LogP contribution in [0.25, 0.3) is 11.2 Å². The molecule has 1 fully saturated rings. The van der Waals surface area contributed by atoms with Crippen LogP contribution in [0.4, 0.5) is 11.8 Å². The number of nitrogen functional groups attached to an aromatic ring is 1. The lowest BCUT2D eigenvalue weighted by atomic mass is 10.1. The van der Waals surface area contributed by atoms with Crippen molar-refractivity contribution in [1.82, 2.24) is 24.6 Å². The van der Waals surface area contributed by atoms with E-state index in [1.807, 2.05) is 22.8 Å². The number of fused-ring (bicyclic) bond motifs is 1. The van der Waals surface area contributed by atoms with Crippen LogP contribution in [-0.4, -0.2) is 57.9 Å². The summed E-state index contributed by atoms with van der Waals surface area (Å²) in [6.45, 7) is 2.77. The van der Waals surface area contributed by atoms with E-state index in [1.54, 1.807) is 39.4 Å². The molecule has 5 atom stereocenters. The largest absolute Gasteiger partial charge is 0.465 e. The molecule has 1 aromatic carbocycles. The highest BCUT2D eigenvalue weighted by Gasteiger charge is 2.37. The number of hydrogen-bond acceptors (Lipinski definition) is 11. The standard InChI is InChI=1S/C23H32N7O5PS/c1-5-32-22(31)15(3)29-36(37,35-16-9-7-6-8-10-16)33-12-17-11-14(2)21(34-17)30-13-26-18-19(25-4)27-23(24)28-20(18)30/h6-10,13-15,17,21H,5,11-12H2,1-4H3,(H,29,37)(H3,24,25,27,28)/t14-,15+,17-,21+,36-/m0/s1. The second kappa shape index (κ2) is 11.7. The van der Waals surface area contributed by atoms with Crippen molar-refractivity contribution < 1.29 is 23.3 Å². The number of hydrogen-bond donors (Lipinski definition) is 3. The summed E-state index contributed by atoms with van der Waals surface area (Å²) in [4.78, 5) is 25.3. The molecule has 0 unspecified atom stereocenters. The SMILES string of the molecule is CCOC(=O)[C@@H](C)N[P@](=S)(OC[C@@H]1C[C@H](C)[C@H](n2cnc3c(NC)nc(N)nc32)O1)Oc1ccccc1. The zero-order valence-electron chi connectivity index (χ0n) is 21.2. The quantitative estimate of drug-likeness (QED) is 0.238. The van der Waals surface area contributed by atoms with Crippen molar-refractivity contribution in [2.75, 3.05) is 31.3 Å². The molecule has 12 nitrogen and oxygen atoms in total. The van der Waals surface area contributed by atoms with Gasteiger partial charge in [0.25, 0.3) is 0 Å². The molecule has 4 N–H and O–H groups in total. The van der Waals surface area contributed by atoms with Gasteiger partial charge in [-0.15, -0.1) is 0 Å². The van der Waals surface area contributed by atoms with E-state index in [2.05, 4.69) is 32.3 Å². The Morgan fingerprint density at radius 1 is 1.35 bits per heavy atom. The fraction of sp³-hybridized carbons (Fsp3) is 0.478. The topological polar surface area (TPSA) is 148 Å². The van der Waals surface area contributed by atoms with E-state index in [4.69, 9.17) is 36.1 Å². The van der Waals surface area contributed by atoms with Crippen molar-refractivity contribution in [3.8, 4) is 5.75 Å². The predicted octanol–water partition coefficient (Wildman–Crippen LogP) is 3.24. The Labute approximate surface area is 220 Å². The molecule has 0 saturated carbocycles. The van der Waals surface area contributed by atoms with Gasteiger partial charge in [0.15, 0.2) is 17.0 Å². The second-order valence-electron chi connectivity index (χ2n) is 8.67. The maximum Gasteiger partial charge on any atom is 0.323 e. The number of para-hydroxylation sites is 1. The molecule has 2 aromatic heterocycles. The summed E-state index contributed by atoms with van der Waals surface area (Å²) in [5.74, 6) is 0.920. The van der Waals surface area contributed by atoms with E-state index in [9.17, 15) is 4.79 Å². The highest BCUT2D eigenvalue weighted by Crippen LogP contribution is 2.47. The monoisotopic (exact) mass is 549 g/mol. The van der Waals surface area contributed by atoms with Crippen molar-refractivity contribution in [1.29, 1.82) is 0 Å². The number of nitrogens with two attached hydrogens (primary N) is 1. The highest BCUT2D eigenvalue weighted by molar-refractivity contribution is 8.09. The molecular formula is C23H32N7O5PS. The predicted molar refractivity (Wildman–Crippen MR) is 144 cm³/mol. The van der Waals surface area contributed by atoms with E-state index < -0.39 is 18.7 Å². The molecule has 4 rings (SSSR count). The minimum absolute atomic E-state index is 0.125. The van der Waals surface area contributed by atoms with Crippen molar-refractivity contribution in [2.24, 2.45) is 5.92 Å². The summed E-state index contributed by atoms with van der Waals surface area (Å²) >= 11 is 5.78. The number of anilines is 2. The summed E-state index contributed by atoms with van der Waals surface area (Å²) in [7, 11) is 1.75. The number of carbonyl (C=O) groups excluding carboxylic acids is 1. The lowest BCUT2D eigenvalue weighted by Crippen LogP contribution is -2.35. The second-order valence-corrected chi connectivity index (χ2v) is 11.8. The van der Waals surface area contributed by atoms with E-state index in [0.29, 0.717) is 29.2 Å². The maximum absolute atomic E-state index is 12.2. The Hall–Kier alpha value is -2.83. The first-order chi connectivity index (χ1) is 17.7. The fourth-order valence-electron chi connectivity index (χ4n) is 4.11. The minimum atomic E-state index is -3.15. The Morgan fingerprint density at radius 3 is 2.81 bits per heavy atom. The van der Waals surface area contributed by atoms with Crippen LogP contribution in [0.3, 0.4) is 0 Å². The Balaban J connectivity index is 1.48. The molecule has 3 aromatic rings. The van der Waals surface area contributed by atoms with E-state index in [1.165, 1.54) is 0 Å². The van der Waals surface area contributed by atoms with Crippen LogP contribution >= 0.6 is 6.64 Å². The number of nitrogens with zero attached hydrogens (tertiary/aromatic N) is 4. The molecule has 1 aliphatic heterocycles. The third kappa shape index (κ3) is 6.36. The summed E-state index contributed by atoms with van der Waals surface area (Å²) in [5, 5.41) is 6.04. The summed E-state index contributed by atoms with van der Waals surface area (Å²) < 4.78 is 25.5. The van der Waals surface area contributed by atoms with E-state index in [0.717, 1.165) is 0 Å².